The van der Waals surface area contributed by atoms with Gasteiger partial charge in [-0.15, -0.1) is 0 Å². The minimum Gasteiger partial charge on any atom is -0.378 e. The van der Waals surface area contributed by atoms with Crippen LogP contribution < -0.4 is 10.2 Å². The number of amides is 1. The van der Waals surface area contributed by atoms with Crippen LogP contribution in [0.15, 0.2) is 60.7 Å². The van der Waals surface area contributed by atoms with Gasteiger partial charge < -0.3 is 9.64 Å². The van der Waals surface area contributed by atoms with Crippen molar-refractivity contribution >= 4 is 49.1 Å². The van der Waals surface area contributed by atoms with Gasteiger partial charge in [-0.25, -0.2) is 4.98 Å². The molecule has 0 spiro atoms. The molecular formula is C22H19N3O2S. The molecule has 0 saturated carbocycles. The standard InChI is InChI=1S/C22H19N3O2S/c26-21(17-6-5-15-3-1-2-4-16(15)13-17)24-22-23-19-8-7-18(14-20(19)28-22)25-9-11-27-12-10-25/h1-8,13-14H,9-12H2,(H,23,24,26). The summed E-state index contributed by atoms with van der Waals surface area (Å²) in [6.07, 6.45) is 0. The fourth-order valence-corrected chi connectivity index (χ4v) is 4.38. The van der Waals surface area contributed by atoms with Gasteiger partial charge in [-0.1, -0.05) is 41.7 Å². The first-order valence-electron chi connectivity index (χ1n) is 9.30. The van der Waals surface area contributed by atoms with Crippen molar-refractivity contribution in [2.24, 2.45) is 0 Å². The van der Waals surface area contributed by atoms with Crippen molar-refractivity contribution in [2.45, 2.75) is 0 Å². The highest BCUT2D eigenvalue weighted by Crippen LogP contribution is 2.30. The second kappa shape index (κ2) is 7.22. The smallest absolute Gasteiger partial charge is 0.257 e. The summed E-state index contributed by atoms with van der Waals surface area (Å²) in [6, 6.07) is 20.0. The number of fused-ring (bicyclic) bond motifs is 2. The number of rotatable bonds is 3. The normalized spacial score (nSPS) is 14.5. The molecule has 1 aliphatic heterocycles. The van der Waals surface area contributed by atoms with Crippen molar-refractivity contribution in [3.05, 3.63) is 66.2 Å². The average Bonchev–Trinajstić information content (AvgIpc) is 3.15. The molecule has 0 aliphatic carbocycles. The Labute approximate surface area is 166 Å². The summed E-state index contributed by atoms with van der Waals surface area (Å²) in [7, 11) is 0. The highest BCUT2D eigenvalue weighted by molar-refractivity contribution is 7.22. The van der Waals surface area contributed by atoms with E-state index in [1.165, 1.54) is 17.0 Å². The Kier molecular flexibility index (Phi) is 4.43. The van der Waals surface area contributed by atoms with Crippen LogP contribution in [0.3, 0.4) is 0 Å². The number of hydrogen-bond donors (Lipinski definition) is 1. The van der Waals surface area contributed by atoms with Crippen molar-refractivity contribution in [1.29, 1.82) is 0 Å². The lowest BCUT2D eigenvalue weighted by Crippen LogP contribution is -2.36. The Bertz CT molecular complexity index is 1160. The topological polar surface area (TPSA) is 54.5 Å². The molecule has 28 heavy (non-hydrogen) atoms. The molecule has 1 fully saturated rings. The summed E-state index contributed by atoms with van der Waals surface area (Å²) in [5.41, 5.74) is 2.70. The molecule has 1 saturated heterocycles. The zero-order chi connectivity index (χ0) is 18.9. The molecule has 0 radical (unpaired) electrons. The second-order valence-electron chi connectivity index (χ2n) is 6.79. The number of anilines is 2. The number of nitrogens with zero attached hydrogens (tertiary/aromatic N) is 2. The maximum atomic E-state index is 12.7. The first-order valence-corrected chi connectivity index (χ1v) is 10.1. The van der Waals surface area contributed by atoms with Gasteiger partial charge in [-0.2, -0.15) is 0 Å². The summed E-state index contributed by atoms with van der Waals surface area (Å²) in [6.45, 7) is 3.31. The molecule has 3 aromatic carbocycles. The Hall–Kier alpha value is -2.96. The predicted molar refractivity (Wildman–Crippen MR) is 115 cm³/mol. The van der Waals surface area contributed by atoms with Crippen molar-refractivity contribution in [3.8, 4) is 0 Å². The highest BCUT2D eigenvalue weighted by atomic mass is 32.1. The van der Waals surface area contributed by atoms with Gasteiger partial charge in [0, 0.05) is 24.3 Å². The zero-order valence-corrected chi connectivity index (χ0v) is 16.0. The van der Waals surface area contributed by atoms with E-state index >= 15 is 0 Å². The molecule has 1 aromatic heterocycles. The predicted octanol–water partition coefficient (Wildman–Crippen LogP) is 4.54. The molecular weight excluding hydrogens is 370 g/mol. The lowest BCUT2D eigenvalue weighted by Gasteiger charge is -2.28. The number of nitrogens with one attached hydrogen (secondary N) is 1. The Morgan fingerprint density at radius 2 is 1.82 bits per heavy atom. The lowest BCUT2D eigenvalue weighted by molar-refractivity contribution is 0.102. The van der Waals surface area contributed by atoms with E-state index in [1.807, 2.05) is 48.5 Å². The third-order valence-corrected chi connectivity index (χ3v) is 5.91. The summed E-state index contributed by atoms with van der Waals surface area (Å²) in [4.78, 5) is 19.6. The van der Waals surface area contributed by atoms with Crippen molar-refractivity contribution < 1.29 is 9.53 Å². The molecule has 4 aromatic rings. The lowest BCUT2D eigenvalue weighted by atomic mass is 10.1. The number of morpholine rings is 1. The summed E-state index contributed by atoms with van der Waals surface area (Å²) in [5, 5.41) is 5.73. The van der Waals surface area contributed by atoms with Crippen LogP contribution in [0.1, 0.15) is 10.4 Å². The fourth-order valence-electron chi connectivity index (χ4n) is 3.48. The number of benzene rings is 3. The summed E-state index contributed by atoms with van der Waals surface area (Å²) < 4.78 is 6.49. The molecule has 5 rings (SSSR count). The van der Waals surface area contributed by atoms with E-state index in [1.54, 1.807) is 0 Å². The van der Waals surface area contributed by atoms with Gasteiger partial charge in [0.15, 0.2) is 5.13 Å². The molecule has 0 bridgehead atoms. The summed E-state index contributed by atoms with van der Waals surface area (Å²) in [5.74, 6) is -0.141. The van der Waals surface area contributed by atoms with E-state index < -0.39 is 0 Å². The molecule has 1 N–H and O–H groups in total. The monoisotopic (exact) mass is 389 g/mol. The molecule has 0 unspecified atom stereocenters. The van der Waals surface area contributed by atoms with Crippen LogP contribution in [0.2, 0.25) is 0 Å². The Morgan fingerprint density at radius 1 is 1.00 bits per heavy atom. The Morgan fingerprint density at radius 3 is 2.68 bits per heavy atom. The highest BCUT2D eigenvalue weighted by Gasteiger charge is 2.14. The number of carbonyl (C=O) groups excluding carboxylic acids is 1. The van der Waals surface area contributed by atoms with E-state index in [9.17, 15) is 4.79 Å². The van der Waals surface area contributed by atoms with Gasteiger partial charge in [0.1, 0.15) is 0 Å². The minimum atomic E-state index is -0.141. The SMILES string of the molecule is O=C(Nc1nc2ccc(N3CCOCC3)cc2s1)c1ccc2ccccc2c1. The quantitative estimate of drug-likeness (QED) is 0.559. The molecule has 140 valence electrons. The van der Waals surface area contributed by atoms with E-state index in [2.05, 4.69) is 27.3 Å². The molecule has 1 amide bonds. The van der Waals surface area contributed by atoms with Crippen LogP contribution in [0.5, 0.6) is 0 Å². The van der Waals surface area contributed by atoms with Crippen LogP contribution in [0.4, 0.5) is 10.8 Å². The van der Waals surface area contributed by atoms with Gasteiger partial charge in [0.2, 0.25) is 0 Å². The van der Waals surface area contributed by atoms with Gasteiger partial charge in [0.25, 0.3) is 5.91 Å². The van der Waals surface area contributed by atoms with Crippen LogP contribution >= 0.6 is 11.3 Å². The van der Waals surface area contributed by atoms with E-state index in [-0.39, 0.29) is 5.91 Å². The third-order valence-electron chi connectivity index (χ3n) is 4.98. The van der Waals surface area contributed by atoms with Crippen LogP contribution in [-0.4, -0.2) is 37.2 Å². The van der Waals surface area contributed by atoms with Crippen LogP contribution in [0, 0.1) is 0 Å². The van der Waals surface area contributed by atoms with Crippen molar-refractivity contribution in [1.82, 2.24) is 4.98 Å². The number of thiazole rings is 1. The first kappa shape index (κ1) is 17.2. The van der Waals surface area contributed by atoms with Crippen molar-refractivity contribution in [2.75, 3.05) is 36.5 Å². The van der Waals surface area contributed by atoms with Crippen LogP contribution in [-0.2, 0) is 4.74 Å². The number of ether oxygens (including phenoxy) is 1. The van der Waals surface area contributed by atoms with E-state index in [4.69, 9.17) is 4.74 Å². The number of aromatic nitrogens is 1. The molecule has 5 nitrogen and oxygen atoms in total. The van der Waals surface area contributed by atoms with Crippen LogP contribution in [0.25, 0.3) is 21.0 Å². The molecule has 6 heteroatoms. The average molecular weight is 389 g/mol. The van der Waals surface area contributed by atoms with Gasteiger partial charge in [0.05, 0.1) is 23.4 Å². The maximum Gasteiger partial charge on any atom is 0.257 e. The largest absolute Gasteiger partial charge is 0.378 e. The van der Waals surface area contributed by atoms with E-state index in [0.29, 0.717) is 10.7 Å². The Balaban J connectivity index is 1.38. The molecule has 1 aliphatic rings. The summed E-state index contributed by atoms with van der Waals surface area (Å²) >= 11 is 1.50. The van der Waals surface area contributed by atoms with Crippen molar-refractivity contribution in [3.63, 3.8) is 0 Å². The van der Waals surface area contributed by atoms with E-state index in [0.717, 1.165) is 47.3 Å². The minimum absolute atomic E-state index is 0.141. The van der Waals surface area contributed by atoms with Gasteiger partial charge >= 0.3 is 0 Å². The van der Waals surface area contributed by atoms with Gasteiger partial charge in [-0.05, 0) is 41.1 Å². The molecule has 0 atom stereocenters. The zero-order valence-electron chi connectivity index (χ0n) is 15.2. The maximum absolute atomic E-state index is 12.7. The second-order valence-corrected chi connectivity index (χ2v) is 7.82. The third kappa shape index (κ3) is 3.32. The number of hydrogen-bond acceptors (Lipinski definition) is 5. The fraction of sp³-hybridized carbons (Fsp3) is 0.182. The number of carbonyl (C=O) groups is 1. The van der Waals surface area contributed by atoms with Gasteiger partial charge in [-0.3, -0.25) is 10.1 Å². The first-order chi connectivity index (χ1) is 13.8. The molecule has 2 heterocycles.